The Hall–Kier alpha value is -2.05. The number of nitrogens with zero attached hydrogens (tertiary/aromatic N) is 1. The van der Waals surface area contributed by atoms with Gasteiger partial charge in [-0.2, -0.15) is 0 Å². The first kappa shape index (κ1) is 20.3. The van der Waals surface area contributed by atoms with Gasteiger partial charge in [-0.25, -0.2) is 8.42 Å². The van der Waals surface area contributed by atoms with Crippen LogP contribution in [0, 0.1) is 0 Å². The molecule has 0 saturated heterocycles. The molecule has 1 amide bonds. The van der Waals surface area contributed by atoms with Crippen LogP contribution >= 0.6 is 11.6 Å². The molecule has 140 valence electrons. The van der Waals surface area contributed by atoms with Crippen LogP contribution in [0.3, 0.4) is 0 Å². The van der Waals surface area contributed by atoms with Gasteiger partial charge in [0.25, 0.3) is 10.0 Å². The van der Waals surface area contributed by atoms with Gasteiger partial charge in [-0.15, -0.1) is 0 Å². The van der Waals surface area contributed by atoms with Gasteiger partial charge < -0.3 is 5.32 Å². The monoisotopic (exact) mass is 394 g/mol. The number of nitrogens with one attached hydrogen (secondary N) is 1. The summed E-state index contributed by atoms with van der Waals surface area (Å²) in [5.74, 6) is -0.361. The molecule has 2 aromatic rings. The summed E-state index contributed by atoms with van der Waals surface area (Å²) in [5.41, 5.74) is 0.279. The number of rotatable bonds is 9. The van der Waals surface area contributed by atoms with Crippen LogP contribution in [0.1, 0.15) is 26.2 Å². The maximum atomic E-state index is 13.1. The molecular weight excluding hydrogens is 372 g/mol. The Morgan fingerprint density at radius 3 is 2.35 bits per heavy atom. The van der Waals surface area contributed by atoms with Gasteiger partial charge in [-0.1, -0.05) is 61.7 Å². The lowest BCUT2D eigenvalue weighted by Gasteiger charge is -2.25. The number of carbonyl (C=O) groups is 1. The Bertz CT molecular complexity index is 826. The Labute approximate surface area is 160 Å². The molecule has 2 rings (SSSR count). The predicted molar refractivity (Wildman–Crippen MR) is 105 cm³/mol. The number of halogens is 1. The molecule has 2 aromatic carbocycles. The normalized spacial score (nSPS) is 11.2. The van der Waals surface area contributed by atoms with E-state index < -0.39 is 10.0 Å². The van der Waals surface area contributed by atoms with E-state index in [1.54, 1.807) is 42.5 Å². The number of para-hydroxylation sites is 1. The van der Waals surface area contributed by atoms with E-state index in [1.165, 1.54) is 12.1 Å². The van der Waals surface area contributed by atoms with Crippen molar-refractivity contribution < 1.29 is 13.2 Å². The lowest BCUT2D eigenvalue weighted by molar-refractivity contribution is -0.119. The van der Waals surface area contributed by atoms with E-state index in [4.69, 9.17) is 11.6 Å². The number of unbranched alkanes of at least 4 members (excludes halogenated alkanes) is 2. The van der Waals surface area contributed by atoms with Crippen LogP contribution in [-0.4, -0.2) is 27.4 Å². The van der Waals surface area contributed by atoms with E-state index in [2.05, 4.69) is 12.2 Å². The van der Waals surface area contributed by atoms with Crippen LogP contribution in [0.25, 0.3) is 0 Å². The van der Waals surface area contributed by atoms with Crippen molar-refractivity contribution in [2.75, 3.05) is 17.4 Å². The SMILES string of the molecule is CCCCCNC(=O)CN(c1ccccc1Cl)S(=O)(=O)c1ccccc1. The highest BCUT2D eigenvalue weighted by molar-refractivity contribution is 7.92. The zero-order chi connectivity index (χ0) is 19.0. The number of hydrogen-bond donors (Lipinski definition) is 1. The topological polar surface area (TPSA) is 66.5 Å². The Kier molecular flexibility index (Phi) is 7.48. The van der Waals surface area contributed by atoms with Crippen molar-refractivity contribution in [1.29, 1.82) is 0 Å². The minimum absolute atomic E-state index is 0.110. The standard InChI is InChI=1S/C19H23ClN2O3S/c1-2-3-9-14-21-19(23)15-22(18-13-8-7-12-17(18)20)26(24,25)16-10-5-4-6-11-16/h4-8,10-13H,2-3,9,14-15H2,1H3,(H,21,23). The van der Waals surface area contributed by atoms with Gasteiger partial charge in [-0.05, 0) is 30.7 Å². The van der Waals surface area contributed by atoms with Gasteiger partial charge in [0.05, 0.1) is 15.6 Å². The van der Waals surface area contributed by atoms with Crippen molar-refractivity contribution in [2.24, 2.45) is 0 Å². The van der Waals surface area contributed by atoms with Crippen molar-refractivity contribution in [1.82, 2.24) is 5.32 Å². The molecule has 0 aromatic heterocycles. The lowest BCUT2D eigenvalue weighted by Crippen LogP contribution is -2.41. The molecule has 0 radical (unpaired) electrons. The van der Waals surface area contributed by atoms with Crippen molar-refractivity contribution in [3.63, 3.8) is 0 Å². The fourth-order valence-corrected chi connectivity index (χ4v) is 4.21. The molecule has 0 spiro atoms. The predicted octanol–water partition coefficient (Wildman–Crippen LogP) is 3.84. The van der Waals surface area contributed by atoms with Crippen LogP contribution in [-0.2, 0) is 14.8 Å². The van der Waals surface area contributed by atoms with E-state index in [9.17, 15) is 13.2 Å². The van der Waals surface area contributed by atoms with Crippen molar-refractivity contribution in [2.45, 2.75) is 31.1 Å². The summed E-state index contributed by atoms with van der Waals surface area (Å²) in [6, 6.07) is 14.6. The van der Waals surface area contributed by atoms with Gasteiger partial charge in [0.2, 0.25) is 5.91 Å². The summed E-state index contributed by atoms with van der Waals surface area (Å²) < 4.78 is 27.2. The molecular formula is C19H23ClN2O3S. The first-order chi connectivity index (χ1) is 12.5. The second-order valence-corrected chi connectivity index (χ2v) is 8.10. The quantitative estimate of drug-likeness (QED) is 0.657. The molecule has 1 N–H and O–H groups in total. The van der Waals surface area contributed by atoms with Crippen molar-refractivity contribution >= 4 is 33.2 Å². The summed E-state index contributed by atoms with van der Waals surface area (Å²) in [6.45, 7) is 2.27. The molecule has 0 atom stereocenters. The average Bonchev–Trinajstić information content (AvgIpc) is 2.65. The first-order valence-electron chi connectivity index (χ1n) is 8.56. The van der Waals surface area contributed by atoms with Crippen molar-refractivity contribution in [3.05, 3.63) is 59.6 Å². The van der Waals surface area contributed by atoms with E-state index in [-0.39, 0.29) is 28.1 Å². The highest BCUT2D eigenvalue weighted by Gasteiger charge is 2.28. The molecule has 0 heterocycles. The highest BCUT2D eigenvalue weighted by atomic mass is 35.5. The molecule has 0 aliphatic carbocycles. The van der Waals surface area contributed by atoms with Crippen LogP contribution in [0.15, 0.2) is 59.5 Å². The zero-order valence-corrected chi connectivity index (χ0v) is 16.3. The third-order valence-corrected chi connectivity index (χ3v) is 5.94. The maximum Gasteiger partial charge on any atom is 0.264 e. The van der Waals surface area contributed by atoms with Crippen LogP contribution in [0.5, 0.6) is 0 Å². The van der Waals surface area contributed by atoms with Gasteiger partial charge in [0, 0.05) is 6.54 Å². The molecule has 0 bridgehead atoms. The maximum absolute atomic E-state index is 13.1. The smallest absolute Gasteiger partial charge is 0.264 e. The number of benzene rings is 2. The summed E-state index contributed by atoms with van der Waals surface area (Å²) >= 11 is 6.20. The molecule has 0 aliphatic rings. The number of hydrogen-bond acceptors (Lipinski definition) is 3. The molecule has 26 heavy (non-hydrogen) atoms. The number of sulfonamides is 1. The van der Waals surface area contributed by atoms with Crippen LogP contribution in [0.4, 0.5) is 5.69 Å². The van der Waals surface area contributed by atoms with Gasteiger partial charge in [0.1, 0.15) is 6.54 Å². The molecule has 0 aliphatic heterocycles. The number of amides is 1. The summed E-state index contributed by atoms with van der Waals surface area (Å²) in [6.07, 6.45) is 2.92. The Morgan fingerprint density at radius 2 is 1.69 bits per heavy atom. The third kappa shape index (κ3) is 5.22. The van der Waals surface area contributed by atoms with E-state index in [0.29, 0.717) is 6.54 Å². The van der Waals surface area contributed by atoms with Gasteiger partial charge >= 0.3 is 0 Å². The number of anilines is 1. The van der Waals surface area contributed by atoms with Gasteiger partial charge in [-0.3, -0.25) is 9.10 Å². The minimum atomic E-state index is -3.92. The lowest BCUT2D eigenvalue weighted by atomic mass is 10.2. The number of carbonyl (C=O) groups excluding carboxylic acids is 1. The Balaban J connectivity index is 2.29. The van der Waals surface area contributed by atoms with Crippen molar-refractivity contribution in [3.8, 4) is 0 Å². The third-order valence-electron chi connectivity index (χ3n) is 3.84. The highest BCUT2D eigenvalue weighted by Crippen LogP contribution is 2.30. The fourth-order valence-electron chi connectivity index (χ4n) is 2.46. The summed E-state index contributed by atoms with van der Waals surface area (Å²) in [7, 11) is -3.92. The largest absolute Gasteiger partial charge is 0.355 e. The average molecular weight is 395 g/mol. The van der Waals surface area contributed by atoms with E-state index >= 15 is 0 Å². The second-order valence-electron chi connectivity index (χ2n) is 5.83. The molecule has 5 nitrogen and oxygen atoms in total. The van der Waals surface area contributed by atoms with Gasteiger partial charge in [0.15, 0.2) is 0 Å². The molecule has 0 fully saturated rings. The summed E-state index contributed by atoms with van der Waals surface area (Å²) in [4.78, 5) is 12.4. The molecule has 7 heteroatoms. The molecule has 0 saturated carbocycles. The van der Waals surface area contributed by atoms with Crippen LogP contribution < -0.4 is 9.62 Å². The zero-order valence-electron chi connectivity index (χ0n) is 14.7. The minimum Gasteiger partial charge on any atom is -0.355 e. The second kappa shape index (κ2) is 9.59. The summed E-state index contributed by atoms with van der Waals surface area (Å²) in [5, 5.41) is 3.04. The van der Waals surface area contributed by atoms with E-state index in [0.717, 1.165) is 23.6 Å². The Morgan fingerprint density at radius 1 is 1.04 bits per heavy atom. The van der Waals surface area contributed by atoms with Crippen LogP contribution in [0.2, 0.25) is 5.02 Å². The van der Waals surface area contributed by atoms with E-state index in [1.807, 2.05) is 0 Å². The first-order valence-corrected chi connectivity index (χ1v) is 10.4. The molecule has 0 unspecified atom stereocenters. The fraction of sp³-hybridized carbons (Fsp3) is 0.316.